The Hall–Kier alpha value is -5.11. The van der Waals surface area contributed by atoms with E-state index in [1.54, 1.807) is 0 Å². The Morgan fingerprint density at radius 2 is 1.00 bits per heavy atom. The smallest absolute Gasteiger partial charge is 0.399 e. The van der Waals surface area contributed by atoms with E-state index in [9.17, 15) is 0 Å². The van der Waals surface area contributed by atoms with Crippen LogP contribution < -0.4 is 5.46 Å². The molecular weight excluding hydrogens is 567 g/mol. The van der Waals surface area contributed by atoms with Crippen LogP contribution in [0.1, 0.15) is 27.7 Å². The van der Waals surface area contributed by atoms with Crippen LogP contribution in [0.3, 0.4) is 0 Å². The van der Waals surface area contributed by atoms with Gasteiger partial charge in [-0.1, -0.05) is 91.0 Å². The molecule has 0 radical (unpaired) electrons. The lowest BCUT2D eigenvalue weighted by Crippen LogP contribution is -2.41. The molecule has 0 amide bonds. The number of para-hydroxylation sites is 2. The van der Waals surface area contributed by atoms with Crippen molar-refractivity contribution in [3.63, 3.8) is 0 Å². The first-order valence-electron chi connectivity index (χ1n) is 15.6. The average molecular weight is 601 g/mol. The van der Waals surface area contributed by atoms with Gasteiger partial charge in [0.2, 0.25) is 0 Å². The Kier molecular flexibility index (Phi) is 6.64. The van der Waals surface area contributed by atoms with Gasteiger partial charge in [0.25, 0.3) is 0 Å². The number of hydrogen-bond donors (Lipinski definition) is 0. The normalized spacial score (nSPS) is 15.5. The van der Waals surface area contributed by atoms with Crippen molar-refractivity contribution >= 4 is 34.4 Å². The minimum atomic E-state index is -0.433. The van der Waals surface area contributed by atoms with Gasteiger partial charge in [-0.15, -0.1) is 0 Å². The molecule has 6 nitrogen and oxygen atoms in total. The second-order valence-electron chi connectivity index (χ2n) is 12.8. The number of nitrogens with zero attached hydrogens (tertiary/aromatic N) is 4. The molecule has 7 heteroatoms. The topological polar surface area (TPSA) is 62.1 Å². The molecule has 8 rings (SSSR count). The highest BCUT2D eigenvalue weighted by atomic mass is 16.7. The summed E-state index contributed by atoms with van der Waals surface area (Å²) in [6.45, 7) is 8.26. The third kappa shape index (κ3) is 4.80. The zero-order valence-corrected chi connectivity index (χ0v) is 26.3. The van der Waals surface area contributed by atoms with Crippen molar-refractivity contribution in [3.8, 4) is 39.9 Å². The van der Waals surface area contributed by atoms with Crippen LogP contribution in [-0.2, 0) is 9.31 Å². The van der Waals surface area contributed by atoms with Gasteiger partial charge in [-0.05, 0) is 69.6 Å². The van der Waals surface area contributed by atoms with Gasteiger partial charge in [0, 0.05) is 33.2 Å². The van der Waals surface area contributed by atoms with E-state index in [2.05, 4.69) is 99.0 Å². The third-order valence-corrected chi connectivity index (χ3v) is 9.31. The lowest BCUT2D eigenvalue weighted by Gasteiger charge is -2.32. The maximum Gasteiger partial charge on any atom is 0.494 e. The first-order chi connectivity index (χ1) is 22.3. The first kappa shape index (κ1) is 28.4. The zero-order chi connectivity index (χ0) is 31.5. The van der Waals surface area contributed by atoms with Gasteiger partial charge in [0.1, 0.15) is 0 Å². The molecule has 0 N–H and O–H groups in total. The summed E-state index contributed by atoms with van der Waals surface area (Å²) in [5.74, 6) is 1.86. The number of rotatable bonds is 5. The molecule has 46 heavy (non-hydrogen) atoms. The van der Waals surface area contributed by atoms with Crippen LogP contribution in [0.4, 0.5) is 0 Å². The fourth-order valence-corrected chi connectivity index (χ4v) is 6.09. The molecule has 1 aliphatic rings. The number of fused-ring (bicyclic) bond motifs is 3. The van der Waals surface area contributed by atoms with Crippen LogP contribution >= 0.6 is 0 Å². The van der Waals surface area contributed by atoms with E-state index in [0.29, 0.717) is 17.5 Å². The fourth-order valence-electron chi connectivity index (χ4n) is 6.09. The Morgan fingerprint density at radius 1 is 0.500 bits per heavy atom. The van der Waals surface area contributed by atoms with Crippen molar-refractivity contribution in [3.05, 3.63) is 127 Å². The first-order valence-corrected chi connectivity index (χ1v) is 15.6. The standard InChI is InChI=1S/C39H33BN4O2/c1-38(2)39(3,4)46-40(45-38)29-22-19-27(20-23-29)36-41-35(26-13-7-5-8-14-26)42-37(43-36)28-21-24-34-32(25-28)31-17-11-12-18-33(31)44(34)30-15-9-6-10-16-30/h5-25H,1-4H3. The van der Waals surface area contributed by atoms with E-state index < -0.39 is 18.3 Å². The summed E-state index contributed by atoms with van der Waals surface area (Å²) in [6, 6.07) is 43.7. The maximum atomic E-state index is 6.28. The van der Waals surface area contributed by atoms with E-state index in [-0.39, 0.29) is 0 Å². The van der Waals surface area contributed by atoms with Crippen LogP contribution in [0.25, 0.3) is 61.7 Å². The van der Waals surface area contributed by atoms with Gasteiger partial charge in [-0.25, -0.2) is 15.0 Å². The van der Waals surface area contributed by atoms with Crippen molar-refractivity contribution in [2.75, 3.05) is 0 Å². The van der Waals surface area contributed by atoms with Gasteiger partial charge in [-0.3, -0.25) is 0 Å². The summed E-state index contributed by atoms with van der Waals surface area (Å²) in [5, 5.41) is 2.33. The summed E-state index contributed by atoms with van der Waals surface area (Å²) in [4.78, 5) is 15.0. The Bertz CT molecular complexity index is 2200. The van der Waals surface area contributed by atoms with Gasteiger partial charge >= 0.3 is 7.12 Å². The Balaban J connectivity index is 1.24. The van der Waals surface area contributed by atoms with Gasteiger partial charge in [0.05, 0.1) is 22.2 Å². The minimum absolute atomic E-state index is 0.404. The van der Waals surface area contributed by atoms with Crippen LogP contribution in [0, 0.1) is 0 Å². The highest BCUT2D eigenvalue weighted by Crippen LogP contribution is 2.37. The molecule has 0 aliphatic carbocycles. The van der Waals surface area contributed by atoms with E-state index in [1.165, 1.54) is 5.39 Å². The summed E-state index contributed by atoms with van der Waals surface area (Å²) >= 11 is 0. The molecule has 5 aromatic carbocycles. The van der Waals surface area contributed by atoms with Crippen LogP contribution in [0.5, 0.6) is 0 Å². The summed E-state index contributed by atoms with van der Waals surface area (Å²) in [6.07, 6.45) is 0. The molecule has 224 valence electrons. The van der Waals surface area contributed by atoms with E-state index in [1.807, 2.05) is 60.7 Å². The fraction of sp³-hybridized carbons (Fsp3) is 0.154. The van der Waals surface area contributed by atoms with Crippen LogP contribution in [0.15, 0.2) is 127 Å². The van der Waals surface area contributed by atoms with Crippen molar-refractivity contribution < 1.29 is 9.31 Å². The average Bonchev–Trinajstić information content (AvgIpc) is 3.53. The highest BCUT2D eigenvalue weighted by molar-refractivity contribution is 6.62. The molecule has 2 aromatic heterocycles. The lowest BCUT2D eigenvalue weighted by molar-refractivity contribution is 0.00578. The number of hydrogen-bond acceptors (Lipinski definition) is 5. The second-order valence-corrected chi connectivity index (χ2v) is 12.8. The van der Waals surface area contributed by atoms with Crippen molar-refractivity contribution in [1.29, 1.82) is 0 Å². The lowest BCUT2D eigenvalue weighted by atomic mass is 9.79. The van der Waals surface area contributed by atoms with E-state index in [0.717, 1.165) is 44.3 Å². The molecule has 0 saturated carbocycles. The quantitative estimate of drug-likeness (QED) is 0.186. The van der Waals surface area contributed by atoms with Crippen molar-refractivity contribution in [2.45, 2.75) is 38.9 Å². The molecule has 0 spiro atoms. The number of benzene rings is 5. The second kappa shape index (κ2) is 10.8. The zero-order valence-electron chi connectivity index (χ0n) is 26.3. The Morgan fingerprint density at radius 3 is 1.65 bits per heavy atom. The maximum absolute atomic E-state index is 6.28. The van der Waals surface area contributed by atoms with Crippen molar-refractivity contribution in [2.24, 2.45) is 0 Å². The van der Waals surface area contributed by atoms with Crippen LogP contribution in [-0.4, -0.2) is 37.8 Å². The van der Waals surface area contributed by atoms with E-state index in [4.69, 9.17) is 24.3 Å². The van der Waals surface area contributed by atoms with E-state index >= 15 is 0 Å². The monoisotopic (exact) mass is 600 g/mol. The van der Waals surface area contributed by atoms with Gasteiger partial charge < -0.3 is 13.9 Å². The van der Waals surface area contributed by atoms with Crippen molar-refractivity contribution in [1.82, 2.24) is 19.5 Å². The van der Waals surface area contributed by atoms with Gasteiger partial charge in [-0.2, -0.15) is 0 Å². The summed E-state index contributed by atoms with van der Waals surface area (Å²) in [5.41, 5.74) is 6.32. The summed E-state index contributed by atoms with van der Waals surface area (Å²) in [7, 11) is -0.433. The minimum Gasteiger partial charge on any atom is -0.399 e. The van der Waals surface area contributed by atoms with Crippen LogP contribution in [0.2, 0.25) is 0 Å². The molecule has 0 atom stereocenters. The Labute approximate surface area is 268 Å². The molecular formula is C39H33BN4O2. The molecule has 1 aliphatic heterocycles. The number of aromatic nitrogens is 4. The molecule has 3 heterocycles. The molecule has 0 bridgehead atoms. The molecule has 0 unspecified atom stereocenters. The molecule has 1 saturated heterocycles. The summed E-state index contributed by atoms with van der Waals surface area (Å²) < 4.78 is 14.9. The molecule has 1 fully saturated rings. The predicted molar refractivity (Wildman–Crippen MR) is 186 cm³/mol. The largest absolute Gasteiger partial charge is 0.494 e. The predicted octanol–water partition coefficient (Wildman–Crippen LogP) is 8.27. The SMILES string of the molecule is CC1(C)OB(c2ccc(-c3nc(-c4ccccc4)nc(-c4ccc5c(c4)c4ccccc4n5-c4ccccc4)n3)cc2)OC1(C)C. The highest BCUT2D eigenvalue weighted by Gasteiger charge is 2.51. The van der Waals surface area contributed by atoms with Gasteiger partial charge in [0.15, 0.2) is 17.5 Å². The molecule has 7 aromatic rings. The third-order valence-electron chi connectivity index (χ3n) is 9.31.